The minimum absolute atomic E-state index is 0.126. The summed E-state index contributed by atoms with van der Waals surface area (Å²) >= 11 is 0. The zero-order valence-electron chi connectivity index (χ0n) is 10.8. The van der Waals surface area contributed by atoms with Gasteiger partial charge in [-0.1, -0.05) is 6.07 Å². The molecule has 6 nitrogen and oxygen atoms in total. The molecule has 0 fully saturated rings. The highest BCUT2D eigenvalue weighted by Crippen LogP contribution is 2.35. The lowest BCUT2D eigenvalue weighted by molar-refractivity contribution is -0.149. The van der Waals surface area contributed by atoms with Crippen LogP contribution in [0.25, 0.3) is 0 Å². The van der Waals surface area contributed by atoms with Crippen LogP contribution in [0.1, 0.15) is 25.5 Å². The van der Waals surface area contributed by atoms with Crippen molar-refractivity contribution in [2.45, 2.75) is 19.9 Å². The molecule has 0 spiro atoms. The van der Waals surface area contributed by atoms with Crippen molar-refractivity contribution < 1.29 is 24.2 Å². The van der Waals surface area contributed by atoms with Gasteiger partial charge in [-0.05, 0) is 24.6 Å². The predicted molar refractivity (Wildman–Crippen MR) is 66.0 cm³/mol. The van der Waals surface area contributed by atoms with E-state index in [2.05, 4.69) is 0 Å². The van der Waals surface area contributed by atoms with Gasteiger partial charge in [0.2, 0.25) is 12.7 Å². The Bertz CT molecular complexity index is 514. The van der Waals surface area contributed by atoms with E-state index in [4.69, 9.17) is 9.47 Å². The smallest absolute Gasteiger partial charge is 0.331 e. The highest BCUT2D eigenvalue weighted by molar-refractivity contribution is 5.83. The molecule has 1 amide bonds. The number of nitrogens with zero attached hydrogens (tertiary/aromatic N) is 1. The van der Waals surface area contributed by atoms with E-state index in [0.717, 1.165) is 0 Å². The second-order valence-corrected chi connectivity index (χ2v) is 4.16. The number of aliphatic carboxylic acids is 1. The Morgan fingerprint density at radius 1 is 1.37 bits per heavy atom. The lowest BCUT2D eigenvalue weighted by atomic mass is 10.0. The number of carbonyl (C=O) groups is 2. The minimum Gasteiger partial charge on any atom is -0.479 e. The van der Waals surface area contributed by atoms with Crippen LogP contribution in [-0.4, -0.2) is 35.2 Å². The Kier molecular flexibility index (Phi) is 3.59. The maximum atomic E-state index is 11.5. The van der Waals surface area contributed by atoms with E-state index in [1.54, 1.807) is 25.1 Å². The van der Waals surface area contributed by atoms with Crippen molar-refractivity contribution in [3.05, 3.63) is 23.8 Å². The minimum atomic E-state index is -1.07. The third-order valence-electron chi connectivity index (χ3n) is 3.00. The van der Waals surface area contributed by atoms with Crippen molar-refractivity contribution in [1.29, 1.82) is 0 Å². The Balaban J connectivity index is 2.39. The number of fused-ring (bicyclic) bond motifs is 1. The van der Waals surface area contributed by atoms with Crippen LogP contribution in [0.3, 0.4) is 0 Å². The number of carboxylic acid groups (broad SMARTS) is 1. The predicted octanol–water partition coefficient (Wildman–Crippen LogP) is 1.41. The van der Waals surface area contributed by atoms with Gasteiger partial charge in [-0.25, -0.2) is 4.79 Å². The number of amides is 1. The van der Waals surface area contributed by atoms with Crippen LogP contribution in [0.15, 0.2) is 18.2 Å². The van der Waals surface area contributed by atoms with Crippen molar-refractivity contribution >= 4 is 11.9 Å². The summed E-state index contributed by atoms with van der Waals surface area (Å²) in [6, 6.07) is 3.88. The quantitative estimate of drug-likeness (QED) is 0.890. The molecule has 1 aromatic carbocycles. The SMILES string of the molecule is CCN(C(C)=O)C(C(=O)O)c1ccc2c(c1)OCO2. The summed E-state index contributed by atoms with van der Waals surface area (Å²) in [6.07, 6.45) is 0. The first-order valence-corrected chi connectivity index (χ1v) is 5.94. The highest BCUT2D eigenvalue weighted by Gasteiger charge is 2.29. The molecular formula is C13H15NO5. The number of benzene rings is 1. The number of rotatable bonds is 4. The number of likely N-dealkylation sites (N-methyl/N-ethyl adjacent to an activating group) is 1. The van der Waals surface area contributed by atoms with Gasteiger partial charge in [-0.2, -0.15) is 0 Å². The first kappa shape index (κ1) is 13.2. The molecule has 1 aromatic rings. The lowest BCUT2D eigenvalue weighted by Gasteiger charge is -2.27. The number of carbonyl (C=O) groups excluding carboxylic acids is 1. The fourth-order valence-corrected chi connectivity index (χ4v) is 2.13. The van der Waals surface area contributed by atoms with Crippen LogP contribution in [-0.2, 0) is 9.59 Å². The van der Waals surface area contributed by atoms with E-state index in [-0.39, 0.29) is 12.7 Å². The van der Waals surface area contributed by atoms with Gasteiger partial charge in [0.1, 0.15) is 0 Å². The van der Waals surface area contributed by atoms with E-state index in [1.807, 2.05) is 0 Å². The van der Waals surface area contributed by atoms with Gasteiger partial charge in [0.15, 0.2) is 17.5 Å². The molecule has 1 N–H and O–H groups in total. The molecule has 2 rings (SSSR count). The third-order valence-corrected chi connectivity index (χ3v) is 3.00. The molecule has 0 saturated carbocycles. The summed E-state index contributed by atoms with van der Waals surface area (Å²) in [5, 5.41) is 9.36. The average Bonchev–Trinajstić information content (AvgIpc) is 2.81. The Morgan fingerprint density at radius 2 is 2.05 bits per heavy atom. The molecule has 1 aliphatic heterocycles. The molecule has 0 saturated heterocycles. The van der Waals surface area contributed by atoms with E-state index in [0.29, 0.717) is 23.6 Å². The first-order chi connectivity index (χ1) is 9.04. The molecule has 1 atom stereocenters. The van der Waals surface area contributed by atoms with Gasteiger partial charge >= 0.3 is 5.97 Å². The number of hydrogen-bond acceptors (Lipinski definition) is 4. The second kappa shape index (κ2) is 5.17. The zero-order chi connectivity index (χ0) is 14.0. The number of ether oxygens (including phenoxy) is 2. The van der Waals surface area contributed by atoms with Crippen molar-refractivity contribution in [2.75, 3.05) is 13.3 Å². The molecule has 19 heavy (non-hydrogen) atoms. The van der Waals surface area contributed by atoms with Crippen LogP contribution in [0, 0.1) is 0 Å². The topological polar surface area (TPSA) is 76.1 Å². The molecule has 1 unspecified atom stereocenters. The van der Waals surface area contributed by atoms with Gasteiger partial charge < -0.3 is 19.5 Å². The van der Waals surface area contributed by atoms with Crippen molar-refractivity contribution in [2.24, 2.45) is 0 Å². The fourth-order valence-electron chi connectivity index (χ4n) is 2.13. The first-order valence-electron chi connectivity index (χ1n) is 5.94. The molecular weight excluding hydrogens is 250 g/mol. The lowest BCUT2D eigenvalue weighted by Crippen LogP contribution is -2.37. The normalized spacial score (nSPS) is 14.0. The van der Waals surface area contributed by atoms with Crippen molar-refractivity contribution in [3.63, 3.8) is 0 Å². The molecule has 1 heterocycles. The molecule has 6 heteroatoms. The monoisotopic (exact) mass is 265 g/mol. The summed E-state index contributed by atoms with van der Waals surface area (Å²) in [5.41, 5.74) is 0.494. The van der Waals surface area contributed by atoms with Gasteiger partial charge in [0, 0.05) is 13.5 Å². The van der Waals surface area contributed by atoms with Gasteiger partial charge in [0.05, 0.1) is 0 Å². The number of hydrogen-bond donors (Lipinski definition) is 1. The third kappa shape index (κ3) is 2.47. The Hall–Kier alpha value is -2.24. The Morgan fingerprint density at radius 3 is 2.63 bits per heavy atom. The largest absolute Gasteiger partial charge is 0.479 e. The average molecular weight is 265 g/mol. The fraction of sp³-hybridized carbons (Fsp3) is 0.385. The second-order valence-electron chi connectivity index (χ2n) is 4.16. The standard InChI is InChI=1S/C13H15NO5/c1-3-14(8(2)15)12(13(16)17)9-4-5-10-11(6-9)19-7-18-10/h4-6,12H,3,7H2,1-2H3,(H,16,17). The summed E-state index contributed by atoms with van der Waals surface area (Å²) < 4.78 is 10.4. The molecule has 0 aromatic heterocycles. The van der Waals surface area contributed by atoms with Crippen molar-refractivity contribution in [1.82, 2.24) is 4.90 Å². The number of carboxylic acids is 1. The van der Waals surface area contributed by atoms with Crippen LogP contribution in [0.5, 0.6) is 11.5 Å². The summed E-state index contributed by atoms with van der Waals surface area (Å²) in [6.45, 7) is 3.54. The van der Waals surface area contributed by atoms with Crippen molar-refractivity contribution in [3.8, 4) is 11.5 Å². The van der Waals surface area contributed by atoms with Crippen LogP contribution < -0.4 is 9.47 Å². The molecule has 1 aliphatic rings. The van der Waals surface area contributed by atoms with Crippen LogP contribution >= 0.6 is 0 Å². The van der Waals surface area contributed by atoms with E-state index in [9.17, 15) is 14.7 Å². The van der Waals surface area contributed by atoms with Crippen LogP contribution in [0.4, 0.5) is 0 Å². The molecule has 0 radical (unpaired) electrons. The zero-order valence-corrected chi connectivity index (χ0v) is 10.8. The van der Waals surface area contributed by atoms with Gasteiger partial charge in [0.25, 0.3) is 0 Å². The summed E-state index contributed by atoms with van der Waals surface area (Å²) in [4.78, 5) is 24.3. The van der Waals surface area contributed by atoms with E-state index >= 15 is 0 Å². The maximum absolute atomic E-state index is 11.5. The van der Waals surface area contributed by atoms with Crippen LogP contribution in [0.2, 0.25) is 0 Å². The van der Waals surface area contributed by atoms with E-state index < -0.39 is 12.0 Å². The molecule has 102 valence electrons. The highest BCUT2D eigenvalue weighted by atomic mass is 16.7. The maximum Gasteiger partial charge on any atom is 0.331 e. The van der Waals surface area contributed by atoms with E-state index in [1.165, 1.54) is 11.8 Å². The molecule has 0 bridgehead atoms. The summed E-state index contributed by atoms with van der Waals surface area (Å²) in [5.74, 6) is -0.273. The summed E-state index contributed by atoms with van der Waals surface area (Å²) in [7, 11) is 0. The molecule has 0 aliphatic carbocycles. The Labute approximate surface area is 110 Å². The van der Waals surface area contributed by atoms with Gasteiger partial charge in [-0.15, -0.1) is 0 Å². The van der Waals surface area contributed by atoms with Gasteiger partial charge in [-0.3, -0.25) is 4.79 Å².